The Balaban J connectivity index is 1.20. The van der Waals surface area contributed by atoms with Crippen molar-refractivity contribution in [3.63, 3.8) is 0 Å². The van der Waals surface area contributed by atoms with E-state index in [4.69, 9.17) is 14.2 Å². The lowest BCUT2D eigenvalue weighted by atomic mass is 10.1. The number of carbonyl (C=O) groups is 1. The van der Waals surface area contributed by atoms with Crippen molar-refractivity contribution in [2.75, 3.05) is 19.9 Å². The second-order valence-corrected chi connectivity index (χ2v) is 6.93. The van der Waals surface area contributed by atoms with Crippen LogP contribution in [0.1, 0.15) is 12.0 Å². The molecule has 0 radical (unpaired) electrons. The van der Waals surface area contributed by atoms with Crippen molar-refractivity contribution in [3.8, 4) is 17.4 Å². The van der Waals surface area contributed by atoms with Crippen molar-refractivity contribution in [2.24, 2.45) is 0 Å². The van der Waals surface area contributed by atoms with Crippen molar-refractivity contribution in [2.45, 2.75) is 18.9 Å². The van der Waals surface area contributed by atoms with E-state index in [9.17, 15) is 4.79 Å². The number of amides is 1. The number of carbonyl (C=O) groups excluding carboxylic acids is 1. The number of likely N-dealkylation sites (tertiary alicyclic amines) is 1. The number of hydrogen-bond acceptors (Lipinski definition) is 6. The van der Waals surface area contributed by atoms with Gasteiger partial charge in [0.2, 0.25) is 18.6 Å². The molecule has 0 aliphatic carbocycles. The molecule has 7 heteroatoms. The summed E-state index contributed by atoms with van der Waals surface area (Å²) in [5.74, 6) is 1.99. The highest BCUT2D eigenvalue weighted by molar-refractivity contribution is 5.79. The number of rotatable bonds is 4. The molecule has 3 heterocycles. The molecule has 0 saturated carbocycles. The molecule has 1 aromatic heterocycles. The van der Waals surface area contributed by atoms with Crippen LogP contribution in [0.2, 0.25) is 0 Å². The standard InChI is InChI=1S/C21H19N3O4/c25-21(10-14-5-6-18-19(9-14)27-13-26-18)24-8-7-15(12-24)28-20-11-22-16-3-1-2-4-17(16)23-20/h1-6,9,11,15H,7-8,10,12-13H2/t15-/m0/s1. The van der Waals surface area contributed by atoms with Crippen LogP contribution >= 0.6 is 0 Å². The third-order valence-corrected chi connectivity index (χ3v) is 5.00. The summed E-state index contributed by atoms with van der Waals surface area (Å²) in [5.41, 5.74) is 2.55. The summed E-state index contributed by atoms with van der Waals surface area (Å²) in [6, 6.07) is 13.3. The number of nitrogens with zero attached hydrogens (tertiary/aromatic N) is 3. The van der Waals surface area contributed by atoms with E-state index in [1.807, 2.05) is 47.4 Å². The molecule has 1 saturated heterocycles. The number of hydrogen-bond donors (Lipinski definition) is 0. The highest BCUT2D eigenvalue weighted by Gasteiger charge is 2.28. The van der Waals surface area contributed by atoms with Gasteiger partial charge < -0.3 is 19.1 Å². The Kier molecular flexibility index (Phi) is 4.20. The first-order valence-corrected chi connectivity index (χ1v) is 9.29. The van der Waals surface area contributed by atoms with E-state index in [1.54, 1.807) is 6.20 Å². The second-order valence-electron chi connectivity index (χ2n) is 6.93. The van der Waals surface area contributed by atoms with Crippen LogP contribution in [0, 0.1) is 0 Å². The maximum Gasteiger partial charge on any atom is 0.233 e. The van der Waals surface area contributed by atoms with E-state index in [1.165, 1.54) is 0 Å². The van der Waals surface area contributed by atoms with Gasteiger partial charge >= 0.3 is 0 Å². The molecule has 0 bridgehead atoms. The van der Waals surface area contributed by atoms with Gasteiger partial charge in [0.25, 0.3) is 0 Å². The normalized spacial score (nSPS) is 17.9. The first kappa shape index (κ1) is 16.8. The van der Waals surface area contributed by atoms with E-state index in [-0.39, 0.29) is 18.8 Å². The Labute approximate surface area is 161 Å². The lowest BCUT2D eigenvalue weighted by Gasteiger charge is -2.17. The van der Waals surface area contributed by atoms with E-state index in [2.05, 4.69) is 9.97 Å². The highest BCUT2D eigenvalue weighted by atomic mass is 16.7. The molecule has 1 fully saturated rings. The first-order valence-electron chi connectivity index (χ1n) is 9.29. The Morgan fingerprint density at radius 2 is 2.00 bits per heavy atom. The smallest absolute Gasteiger partial charge is 0.233 e. The van der Waals surface area contributed by atoms with Crippen molar-refractivity contribution < 1.29 is 19.0 Å². The van der Waals surface area contributed by atoms with Gasteiger partial charge in [0.1, 0.15) is 6.10 Å². The molecule has 2 aliphatic heterocycles. The Hall–Kier alpha value is -3.35. The fraction of sp³-hybridized carbons (Fsp3) is 0.286. The summed E-state index contributed by atoms with van der Waals surface area (Å²) < 4.78 is 16.7. The van der Waals surface area contributed by atoms with Gasteiger partial charge in [-0.3, -0.25) is 4.79 Å². The summed E-state index contributed by atoms with van der Waals surface area (Å²) in [6.45, 7) is 1.46. The molecule has 0 N–H and O–H groups in total. The molecule has 28 heavy (non-hydrogen) atoms. The Morgan fingerprint density at radius 3 is 2.93 bits per heavy atom. The van der Waals surface area contributed by atoms with Crippen molar-refractivity contribution in [3.05, 3.63) is 54.2 Å². The van der Waals surface area contributed by atoms with Crippen LogP contribution in [0.4, 0.5) is 0 Å². The second kappa shape index (κ2) is 6.99. The van der Waals surface area contributed by atoms with Gasteiger partial charge in [-0.2, -0.15) is 0 Å². The molecule has 142 valence electrons. The maximum absolute atomic E-state index is 12.7. The zero-order valence-electron chi connectivity index (χ0n) is 15.2. The van der Waals surface area contributed by atoms with Gasteiger partial charge in [-0.15, -0.1) is 0 Å². The Bertz CT molecular complexity index is 1040. The van der Waals surface area contributed by atoms with Crippen LogP contribution in [-0.2, 0) is 11.2 Å². The number of benzene rings is 2. The predicted octanol–water partition coefficient (Wildman–Crippen LogP) is 2.58. The third kappa shape index (κ3) is 3.31. The summed E-state index contributed by atoms with van der Waals surface area (Å²) in [4.78, 5) is 23.4. The van der Waals surface area contributed by atoms with Crippen LogP contribution in [0.5, 0.6) is 17.4 Å². The number of ether oxygens (including phenoxy) is 3. The van der Waals surface area contributed by atoms with Crippen molar-refractivity contribution in [1.29, 1.82) is 0 Å². The molecule has 0 unspecified atom stereocenters. The van der Waals surface area contributed by atoms with E-state index in [0.717, 1.165) is 28.8 Å². The fourth-order valence-electron chi connectivity index (χ4n) is 3.56. The number of para-hydroxylation sites is 2. The average molecular weight is 377 g/mol. The largest absolute Gasteiger partial charge is 0.471 e. The zero-order valence-corrected chi connectivity index (χ0v) is 15.2. The zero-order chi connectivity index (χ0) is 18.9. The van der Waals surface area contributed by atoms with Crippen LogP contribution < -0.4 is 14.2 Å². The molecule has 2 aliphatic rings. The Morgan fingerprint density at radius 1 is 1.14 bits per heavy atom. The first-order chi connectivity index (χ1) is 13.7. The maximum atomic E-state index is 12.7. The van der Waals surface area contributed by atoms with E-state index in [0.29, 0.717) is 31.1 Å². The van der Waals surface area contributed by atoms with Crippen molar-refractivity contribution >= 4 is 16.9 Å². The van der Waals surface area contributed by atoms with Gasteiger partial charge in [-0.05, 0) is 29.8 Å². The van der Waals surface area contributed by atoms with Gasteiger partial charge in [0, 0.05) is 13.0 Å². The number of fused-ring (bicyclic) bond motifs is 2. The van der Waals surface area contributed by atoms with Crippen LogP contribution in [0.3, 0.4) is 0 Å². The number of aromatic nitrogens is 2. The predicted molar refractivity (Wildman–Crippen MR) is 101 cm³/mol. The minimum atomic E-state index is -0.0730. The van der Waals surface area contributed by atoms with Gasteiger partial charge in [-0.1, -0.05) is 18.2 Å². The van der Waals surface area contributed by atoms with E-state index < -0.39 is 0 Å². The molecule has 3 aromatic rings. The lowest BCUT2D eigenvalue weighted by molar-refractivity contribution is -0.129. The van der Waals surface area contributed by atoms with E-state index >= 15 is 0 Å². The molecular weight excluding hydrogens is 358 g/mol. The third-order valence-electron chi connectivity index (χ3n) is 5.00. The topological polar surface area (TPSA) is 73.8 Å². The van der Waals surface area contributed by atoms with Gasteiger partial charge in [0.15, 0.2) is 11.5 Å². The van der Waals surface area contributed by atoms with Gasteiger partial charge in [-0.25, -0.2) is 9.97 Å². The summed E-state index contributed by atoms with van der Waals surface area (Å²) in [7, 11) is 0. The molecule has 7 nitrogen and oxygen atoms in total. The minimum Gasteiger partial charge on any atom is -0.471 e. The van der Waals surface area contributed by atoms with Gasteiger partial charge in [0.05, 0.1) is 30.2 Å². The monoisotopic (exact) mass is 377 g/mol. The van der Waals surface area contributed by atoms with Crippen molar-refractivity contribution in [1.82, 2.24) is 14.9 Å². The highest BCUT2D eigenvalue weighted by Crippen LogP contribution is 2.32. The minimum absolute atomic E-state index is 0.0730. The molecule has 1 amide bonds. The SMILES string of the molecule is O=C(Cc1ccc2c(c1)OCO2)N1CC[C@H](Oc2cnc3ccccc3n2)C1. The molecule has 5 rings (SSSR count). The molecule has 0 spiro atoms. The summed E-state index contributed by atoms with van der Waals surface area (Å²) in [5, 5.41) is 0. The molecular formula is C21H19N3O4. The average Bonchev–Trinajstić information content (AvgIpc) is 3.37. The van der Waals surface area contributed by atoms with Crippen LogP contribution in [0.15, 0.2) is 48.7 Å². The quantitative estimate of drug-likeness (QED) is 0.696. The fourth-order valence-corrected chi connectivity index (χ4v) is 3.56. The summed E-state index contributed by atoms with van der Waals surface area (Å²) in [6.07, 6.45) is 2.68. The van der Waals surface area contributed by atoms with Crippen LogP contribution in [-0.4, -0.2) is 46.8 Å². The summed E-state index contributed by atoms with van der Waals surface area (Å²) >= 11 is 0. The molecule has 1 atom stereocenters. The van der Waals surface area contributed by atoms with Crippen LogP contribution in [0.25, 0.3) is 11.0 Å². The molecule has 2 aromatic carbocycles. The lowest BCUT2D eigenvalue weighted by Crippen LogP contribution is -2.32.